The number of nitrogens with zero attached hydrogens (tertiary/aromatic N) is 1. The van der Waals surface area contributed by atoms with E-state index in [0.29, 0.717) is 6.61 Å². The molecule has 0 aromatic carbocycles. The highest BCUT2D eigenvalue weighted by Crippen LogP contribution is 2.00. The molecule has 1 amide bonds. The van der Waals surface area contributed by atoms with Gasteiger partial charge in [-0.1, -0.05) is 26.2 Å². The van der Waals surface area contributed by atoms with Crippen molar-refractivity contribution in [3.05, 3.63) is 0 Å². The Morgan fingerprint density at radius 3 is 2.21 bits per heavy atom. The SMILES string of the molecule is CCCCCCOC(=O)N(CC)CC. The van der Waals surface area contributed by atoms with Gasteiger partial charge in [0.2, 0.25) is 0 Å². The minimum atomic E-state index is -0.175. The van der Waals surface area contributed by atoms with Gasteiger partial charge in [0.25, 0.3) is 0 Å². The minimum absolute atomic E-state index is 0.175. The standard InChI is InChI=1S/C11H23NO2/c1-4-7-8-9-10-14-11(13)12(5-2)6-3/h4-10H2,1-3H3. The van der Waals surface area contributed by atoms with E-state index in [4.69, 9.17) is 4.74 Å². The summed E-state index contributed by atoms with van der Waals surface area (Å²) in [4.78, 5) is 13.0. The van der Waals surface area contributed by atoms with E-state index in [1.807, 2.05) is 13.8 Å². The Bertz CT molecular complexity index is 144. The summed E-state index contributed by atoms with van der Waals surface area (Å²) in [6.45, 7) is 8.11. The first-order chi connectivity index (χ1) is 6.76. The molecule has 0 radical (unpaired) electrons. The zero-order valence-corrected chi connectivity index (χ0v) is 9.71. The molecule has 0 aromatic heterocycles. The molecule has 84 valence electrons. The fourth-order valence-corrected chi connectivity index (χ4v) is 1.26. The molecule has 0 aromatic rings. The van der Waals surface area contributed by atoms with Gasteiger partial charge in [0.15, 0.2) is 0 Å². The van der Waals surface area contributed by atoms with Gasteiger partial charge in [0.05, 0.1) is 6.61 Å². The van der Waals surface area contributed by atoms with Crippen molar-refractivity contribution >= 4 is 6.09 Å². The number of amides is 1. The van der Waals surface area contributed by atoms with Gasteiger partial charge in [-0.2, -0.15) is 0 Å². The van der Waals surface area contributed by atoms with Gasteiger partial charge >= 0.3 is 6.09 Å². The van der Waals surface area contributed by atoms with Crippen molar-refractivity contribution in [1.82, 2.24) is 4.90 Å². The number of unbranched alkanes of at least 4 members (excludes halogenated alkanes) is 3. The van der Waals surface area contributed by atoms with Crippen molar-refractivity contribution in [1.29, 1.82) is 0 Å². The van der Waals surface area contributed by atoms with E-state index in [-0.39, 0.29) is 6.09 Å². The Morgan fingerprint density at radius 1 is 1.07 bits per heavy atom. The number of rotatable bonds is 7. The van der Waals surface area contributed by atoms with E-state index in [2.05, 4.69) is 6.92 Å². The average molecular weight is 201 g/mol. The lowest BCUT2D eigenvalue weighted by Gasteiger charge is -2.17. The normalized spacial score (nSPS) is 9.93. The second-order valence-corrected chi connectivity index (χ2v) is 3.35. The molecule has 0 fully saturated rings. The number of ether oxygens (including phenoxy) is 1. The van der Waals surface area contributed by atoms with Crippen molar-refractivity contribution in [2.75, 3.05) is 19.7 Å². The van der Waals surface area contributed by atoms with Crippen LogP contribution < -0.4 is 0 Å². The highest BCUT2D eigenvalue weighted by molar-refractivity contribution is 5.67. The highest BCUT2D eigenvalue weighted by Gasteiger charge is 2.09. The third-order valence-corrected chi connectivity index (χ3v) is 2.25. The monoisotopic (exact) mass is 201 g/mol. The summed E-state index contributed by atoms with van der Waals surface area (Å²) in [6.07, 6.45) is 4.40. The van der Waals surface area contributed by atoms with Crippen molar-refractivity contribution in [3.8, 4) is 0 Å². The van der Waals surface area contributed by atoms with Crippen LogP contribution >= 0.6 is 0 Å². The van der Waals surface area contributed by atoms with Crippen LogP contribution in [0.2, 0.25) is 0 Å². The molecule has 0 saturated carbocycles. The maximum absolute atomic E-state index is 11.3. The molecule has 0 unspecified atom stereocenters. The Kier molecular flexibility index (Phi) is 8.39. The molecule has 0 aliphatic rings. The van der Waals surface area contributed by atoms with E-state index in [9.17, 15) is 4.79 Å². The zero-order valence-electron chi connectivity index (χ0n) is 9.71. The van der Waals surface area contributed by atoms with Crippen LogP contribution in [0.25, 0.3) is 0 Å². The summed E-state index contributed by atoms with van der Waals surface area (Å²) in [5.74, 6) is 0. The van der Waals surface area contributed by atoms with E-state index in [0.717, 1.165) is 25.9 Å². The molecule has 0 bridgehead atoms. The first-order valence-electron chi connectivity index (χ1n) is 5.67. The fourth-order valence-electron chi connectivity index (χ4n) is 1.26. The lowest BCUT2D eigenvalue weighted by Crippen LogP contribution is -2.31. The molecule has 0 rings (SSSR count). The minimum Gasteiger partial charge on any atom is -0.449 e. The van der Waals surface area contributed by atoms with Crippen LogP contribution in [0.3, 0.4) is 0 Å². The second kappa shape index (κ2) is 8.85. The molecule has 0 heterocycles. The van der Waals surface area contributed by atoms with Crippen molar-refractivity contribution < 1.29 is 9.53 Å². The molecule has 0 N–H and O–H groups in total. The lowest BCUT2D eigenvalue weighted by atomic mass is 10.2. The number of hydrogen-bond donors (Lipinski definition) is 0. The van der Waals surface area contributed by atoms with E-state index < -0.39 is 0 Å². The summed E-state index contributed by atoms with van der Waals surface area (Å²) in [5.41, 5.74) is 0. The Hall–Kier alpha value is -0.730. The molecule has 0 aliphatic heterocycles. The molecule has 0 atom stereocenters. The van der Waals surface area contributed by atoms with Crippen LogP contribution in [-0.4, -0.2) is 30.7 Å². The molecule has 14 heavy (non-hydrogen) atoms. The molecule has 3 nitrogen and oxygen atoms in total. The Labute approximate surface area is 87.4 Å². The largest absolute Gasteiger partial charge is 0.449 e. The van der Waals surface area contributed by atoms with Gasteiger partial charge in [0.1, 0.15) is 0 Å². The van der Waals surface area contributed by atoms with Gasteiger partial charge in [-0.25, -0.2) is 4.79 Å². The van der Waals surface area contributed by atoms with Crippen LogP contribution in [0.5, 0.6) is 0 Å². The van der Waals surface area contributed by atoms with Gasteiger partial charge < -0.3 is 9.64 Å². The number of hydrogen-bond acceptors (Lipinski definition) is 2. The smallest absolute Gasteiger partial charge is 0.409 e. The lowest BCUT2D eigenvalue weighted by molar-refractivity contribution is 0.104. The quantitative estimate of drug-likeness (QED) is 0.592. The maximum atomic E-state index is 11.3. The molecule has 0 spiro atoms. The van der Waals surface area contributed by atoms with E-state index in [1.54, 1.807) is 4.90 Å². The van der Waals surface area contributed by atoms with Crippen molar-refractivity contribution in [3.63, 3.8) is 0 Å². The van der Waals surface area contributed by atoms with Gasteiger partial charge in [-0.3, -0.25) is 0 Å². The summed E-state index contributed by atoms with van der Waals surface area (Å²) in [6, 6.07) is 0. The summed E-state index contributed by atoms with van der Waals surface area (Å²) in [7, 11) is 0. The van der Waals surface area contributed by atoms with Crippen LogP contribution in [0.1, 0.15) is 46.5 Å². The highest BCUT2D eigenvalue weighted by atomic mass is 16.6. The van der Waals surface area contributed by atoms with E-state index >= 15 is 0 Å². The van der Waals surface area contributed by atoms with Crippen molar-refractivity contribution in [2.24, 2.45) is 0 Å². The zero-order chi connectivity index (χ0) is 10.8. The third-order valence-electron chi connectivity index (χ3n) is 2.25. The first kappa shape index (κ1) is 13.3. The number of carbonyl (C=O) groups excluding carboxylic acids is 1. The summed E-state index contributed by atoms with van der Waals surface area (Å²) >= 11 is 0. The second-order valence-electron chi connectivity index (χ2n) is 3.35. The van der Waals surface area contributed by atoms with Crippen molar-refractivity contribution in [2.45, 2.75) is 46.5 Å². The van der Waals surface area contributed by atoms with Crippen LogP contribution in [0, 0.1) is 0 Å². The Balaban J connectivity index is 3.43. The Morgan fingerprint density at radius 2 is 1.71 bits per heavy atom. The van der Waals surface area contributed by atoms with Gasteiger partial charge in [0, 0.05) is 13.1 Å². The third kappa shape index (κ3) is 5.84. The molecule has 0 aliphatic carbocycles. The average Bonchev–Trinajstić information content (AvgIpc) is 2.19. The predicted molar refractivity (Wildman–Crippen MR) is 58.4 cm³/mol. The maximum Gasteiger partial charge on any atom is 0.409 e. The van der Waals surface area contributed by atoms with Crippen LogP contribution in [0.15, 0.2) is 0 Å². The van der Waals surface area contributed by atoms with Gasteiger partial charge in [-0.15, -0.1) is 0 Å². The predicted octanol–water partition coefficient (Wildman–Crippen LogP) is 3.05. The summed E-state index contributed by atoms with van der Waals surface area (Å²) in [5, 5.41) is 0. The van der Waals surface area contributed by atoms with Gasteiger partial charge in [-0.05, 0) is 20.3 Å². The molecular weight excluding hydrogens is 178 g/mol. The molecule has 0 saturated heterocycles. The molecule has 3 heteroatoms. The summed E-state index contributed by atoms with van der Waals surface area (Å²) < 4.78 is 5.12. The fraction of sp³-hybridized carbons (Fsp3) is 0.909. The van der Waals surface area contributed by atoms with E-state index in [1.165, 1.54) is 12.8 Å². The first-order valence-corrected chi connectivity index (χ1v) is 5.67. The molecular formula is C11H23NO2. The van der Waals surface area contributed by atoms with Crippen LogP contribution in [0.4, 0.5) is 4.79 Å². The van der Waals surface area contributed by atoms with Crippen LogP contribution in [-0.2, 0) is 4.74 Å². The topological polar surface area (TPSA) is 29.5 Å². The number of carbonyl (C=O) groups is 1.